The van der Waals surface area contributed by atoms with Crippen LogP contribution in [0.5, 0.6) is 0 Å². The lowest BCUT2D eigenvalue weighted by molar-refractivity contribution is 0.0602. The van der Waals surface area contributed by atoms with E-state index in [1.165, 1.54) is 7.11 Å². The van der Waals surface area contributed by atoms with Gasteiger partial charge in [0.2, 0.25) is 0 Å². The molecule has 0 unspecified atom stereocenters. The molecular formula is C12H15N3O2. The monoisotopic (exact) mass is 233 g/mol. The van der Waals surface area contributed by atoms with Gasteiger partial charge in [0, 0.05) is 11.6 Å². The SMILES string of the molecule is COC(=O)c1cccn2nc(C(C)(C)C)nc12. The Bertz CT molecular complexity index is 567. The second-order valence-electron chi connectivity index (χ2n) is 4.87. The summed E-state index contributed by atoms with van der Waals surface area (Å²) in [5.74, 6) is 0.303. The number of carbonyl (C=O) groups is 1. The molecule has 17 heavy (non-hydrogen) atoms. The molecule has 0 fully saturated rings. The lowest BCUT2D eigenvalue weighted by atomic mass is 9.96. The van der Waals surface area contributed by atoms with Crippen molar-refractivity contribution in [2.45, 2.75) is 26.2 Å². The van der Waals surface area contributed by atoms with Gasteiger partial charge in [-0.05, 0) is 12.1 Å². The summed E-state index contributed by atoms with van der Waals surface area (Å²) < 4.78 is 6.32. The number of rotatable bonds is 1. The fourth-order valence-electron chi connectivity index (χ4n) is 1.49. The van der Waals surface area contributed by atoms with Crippen molar-refractivity contribution in [2.75, 3.05) is 7.11 Å². The molecule has 0 saturated carbocycles. The third-order valence-electron chi connectivity index (χ3n) is 2.44. The van der Waals surface area contributed by atoms with E-state index in [1.54, 1.807) is 22.8 Å². The van der Waals surface area contributed by atoms with Crippen LogP contribution in [0, 0.1) is 0 Å². The molecule has 0 saturated heterocycles. The minimum Gasteiger partial charge on any atom is -0.465 e. The van der Waals surface area contributed by atoms with E-state index < -0.39 is 5.97 Å². The molecule has 2 aromatic heterocycles. The summed E-state index contributed by atoms with van der Waals surface area (Å²) in [6.07, 6.45) is 1.77. The Morgan fingerprint density at radius 3 is 2.71 bits per heavy atom. The molecule has 2 heterocycles. The summed E-state index contributed by atoms with van der Waals surface area (Å²) in [5, 5.41) is 4.36. The first-order valence-electron chi connectivity index (χ1n) is 5.37. The first-order chi connectivity index (χ1) is 7.93. The third-order valence-corrected chi connectivity index (χ3v) is 2.44. The van der Waals surface area contributed by atoms with Crippen LogP contribution in [-0.4, -0.2) is 27.7 Å². The standard InChI is InChI=1S/C12H15N3O2/c1-12(2,3)11-13-9-8(10(16)17-4)6-5-7-15(9)14-11/h5-7H,1-4H3. The zero-order valence-corrected chi connectivity index (χ0v) is 10.4. The minimum absolute atomic E-state index is 0.153. The Kier molecular flexibility index (Phi) is 2.61. The van der Waals surface area contributed by atoms with Gasteiger partial charge in [-0.3, -0.25) is 0 Å². The van der Waals surface area contributed by atoms with Crippen LogP contribution in [0.25, 0.3) is 5.65 Å². The molecule has 0 aliphatic carbocycles. The summed E-state index contributed by atoms with van der Waals surface area (Å²) in [6.45, 7) is 6.08. The lowest BCUT2D eigenvalue weighted by Gasteiger charge is -2.11. The van der Waals surface area contributed by atoms with Crippen molar-refractivity contribution >= 4 is 11.6 Å². The zero-order chi connectivity index (χ0) is 12.6. The van der Waals surface area contributed by atoms with E-state index in [9.17, 15) is 4.79 Å². The van der Waals surface area contributed by atoms with E-state index >= 15 is 0 Å². The number of hydrogen-bond acceptors (Lipinski definition) is 4. The second-order valence-corrected chi connectivity index (χ2v) is 4.87. The van der Waals surface area contributed by atoms with Crippen LogP contribution in [0.3, 0.4) is 0 Å². The molecule has 0 N–H and O–H groups in total. The molecular weight excluding hydrogens is 218 g/mol. The summed E-state index contributed by atoms with van der Waals surface area (Å²) in [7, 11) is 1.35. The largest absolute Gasteiger partial charge is 0.465 e. The topological polar surface area (TPSA) is 56.5 Å². The maximum absolute atomic E-state index is 11.6. The van der Waals surface area contributed by atoms with Crippen molar-refractivity contribution in [2.24, 2.45) is 0 Å². The Balaban J connectivity index is 2.65. The van der Waals surface area contributed by atoms with Crippen molar-refractivity contribution < 1.29 is 9.53 Å². The van der Waals surface area contributed by atoms with Gasteiger partial charge in [-0.15, -0.1) is 0 Å². The van der Waals surface area contributed by atoms with Crippen molar-refractivity contribution in [3.05, 3.63) is 29.7 Å². The van der Waals surface area contributed by atoms with E-state index in [-0.39, 0.29) is 5.41 Å². The molecule has 0 aliphatic rings. The van der Waals surface area contributed by atoms with Crippen LogP contribution >= 0.6 is 0 Å². The Labute approximate surface area is 99.4 Å². The number of fused-ring (bicyclic) bond motifs is 1. The van der Waals surface area contributed by atoms with Crippen molar-refractivity contribution in [1.82, 2.24) is 14.6 Å². The number of ether oxygens (including phenoxy) is 1. The average Bonchev–Trinajstić information content (AvgIpc) is 2.71. The second kappa shape index (κ2) is 3.84. The van der Waals surface area contributed by atoms with Crippen LogP contribution < -0.4 is 0 Å². The molecule has 5 heteroatoms. The number of aromatic nitrogens is 3. The summed E-state index contributed by atoms with van der Waals surface area (Å²) in [5.41, 5.74) is 0.807. The first-order valence-corrected chi connectivity index (χ1v) is 5.37. The number of methoxy groups -OCH3 is 1. The van der Waals surface area contributed by atoms with Crippen LogP contribution in [0.1, 0.15) is 37.0 Å². The summed E-state index contributed by atoms with van der Waals surface area (Å²) in [4.78, 5) is 16.0. The first kappa shape index (κ1) is 11.6. The zero-order valence-electron chi connectivity index (χ0n) is 10.4. The van der Waals surface area contributed by atoms with Crippen molar-refractivity contribution in [3.8, 4) is 0 Å². The molecule has 0 amide bonds. The van der Waals surface area contributed by atoms with Gasteiger partial charge in [0.1, 0.15) is 5.56 Å². The number of nitrogens with zero attached hydrogens (tertiary/aromatic N) is 3. The summed E-state index contributed by atoms with van der Waals surface area (Å²) >= 11 is 0. The normalized spacial score (nSPS) is 11.8. The molecule has 0 radical (unpaired) electrons. The Morgan fingerprint density at radius 2 is 2.12 bits per heavy atom. The van der Waals surface area contributed by atoms with Crippen molar-refractivity contribution in [1.29, 1.82) is 0 Å². The van der Waals surface area contributed by atoms with Gasteiger partial charge in [-0.2, -0.15) is 5.10 Å². The average molecular weight is 233 g/mol. The van der Waals surface area contributed by atoms with Gasteiger partial charge < -0.3 is 4.74 Å². The Hall–Kier alpha value is -1.91. The number of carbonyl (C=O) groups excluding carboxylic acids is 1. The highest BCUT2D eigenvalue weighted by Gasteiger charge is 2.22. The predicted octanol–water partition coefficient (Wildman–Crippen LogP) is 1.81. The van der Waals surface area contributed by atoms with Gasteiger partial charge in [0.25, 0.3) is 0 Å². The van der Waals surface area contributed by atoms with E-state index in [2.05, 4.69) is 10.1 Å². The van der Waals surface area contributed by atoms with E-state index in [0.717, 1.165) is 0 Å². The fourth-order valence-corrected chi connectivity index (χ4v) is 1.49. The highest BCUT2D eigenvalue weighted by molar-refractivity contribution is 5.95. The fraction of sp³-hybridized carbons (Fsp3) is 0.417. The van der Waals surface area contributed by atoms with Gasteiger partial charge in [0.05, 0.1) is 7.11 Å². The smallest absolute Gasteiger partial charge is 0.341 e. The number of esters is 1. The minimum atomic E-state index is -0.400. The number of hydrogen-bond donors (Lipinski definition) is 0. The Morgan fingerprint density at radius 1 is 1.41 bits per heavy atom. The van der Waals surface area contributed by atoms with Crippen molar-refractivity contribution in [3.63, 3.8) is 0 Å². The molecule has 2 rings (SSSR count). The maximum atomic E-state index is 11.6. The molecule has 0 aliphatic heterocycles. The van der Waals surface area contributed by atoms with E-state index in [0.29, 0.717) is 17.0 Å². The van der Waals surface area contributed by atoms with Gasteiger partial charge in [-0.25, -0.2) is 14.3 Å². The van der Waals surface area contributed by atoms with Crippen LogP contribution in [0.4, 0.5) is 0 Å². The van der Waals surface area contributed by atoms with E-state index in [4.69, 9.17) is 4.74 Å². The summed E-state index contributed by atoms with van der Waals surface area (Å²) in [6, 6.07) is 3.43. The van der Waals surface area contributed by atoms with Gasteiger partial charge >= 0.3 is 5.97 Å². The van der Waals surface area contributed by atoms with Crippen LogP contribution in [-0.2, 0) is 10.2 Å². The molecule has 0 spiro atoms. The molecule has 0 aromatic carbocycles. The van der Waals surface area contributed by atoms with Crippen LogP contribution in [0.15, 0.2) is 18.3 Å². The van der Waals surface area contributed by atoms with Gasteiger partial charge in [0.15, 0.2) is 11.5 Å². The number of pyridine rings is 1. The maximum Gasteiger partial charge on any atom is 0.341 e. The molecule has 2 aromatic rings. The van der Waals surface area contributed by atoms with Crippen LogP contribution in [0.2, 0.25) is 0 Å². The highest BCUT2D eigenvalue weighted by atomic mass is 16.5. The molecule has 0 bridgehead atoms. The predicted molar refractivity (Wildman–Crippen MR) is 63.0 cm³/mol. The quantitative estimate of drug-likeness (QED) is 0.705. The van der Waals surface area contributed by atoms with Gasteiger partial charge in [-0.1, -0.05) is 20.8 Å². The lowest BCUT2D eigenvalue weighted by Crippen LogP contribution is -2.13. The molecule has 0 atom stereocenters. The van der Waals surface area contributed by atoms with E-state index in [1.807, 2.05) is 20.8 Å². The molecule has 90 valence electrons. The molecule has 5 nitrogen and oxygen atoms in total. The third kappa shape index (κ3) is 2.00. The highest BCUT2D eigenvalue weighted by Crippen LogP contribution is 2.20.